The highest BCUT2D eigenvalue weighted by molar-refractivity contribution is 7.15. The molecule has 1 aromatic carbocycles. The van der Waals surface area contributed by atoms with Crippen LogP contribution in [0, 0.1) is 5.92 Å². The Morgan fingerprint density at radius 1 is 1.03 bits per heavy atom. The van der Waals surface area contributed by atoms with E-state index in [0.29, 0.717) is 23.9 Å². The average molecular weight is 435 g/mol. The summed E-state index contributed by atoms with van der Waals surface area (Å²) in [6.07, 6.45) is 10.0. The summed E-state index contributed by atoms with van der Waals surface area (Å²) in [5.74, 6) is 0.896. The molecular weight excluding hydrogens is 404 g/mol. The van der Waals surface area contributed by atoms with E-state index in [-0.39, 0.29) is 5.54 Å². The molecule has 0 radical (unpaired) electrons. The topological polar surface area (TPSA) is 39.7 Å². The van der Waals surface area contributed by atoms with Gasteiger partial charge in [-0.1, -0.05) is 24.3 Å². The van der Waals surface area contributed by atoms with Crippen molar-refractivity contribution in [3.63, 3.8) is 0 Å². The maximum Gasteiger partial charge on any atom is 0.243 e. The largest absolute Gasteiger partial charge is 0.348 e. The Balaban J connectivity index is 1.15. The van der Waals surface area contributed by atoms with E-state index in [9.17, 15) is 4.79 Å². The van der Waals surface area contributed by atoms with Crippen LogP contribution in [-0.4, -0.2) is 58.5 Å². The molecule has 4 aliphatic heterocycles. The summed E-state index contributed by atoms with van der Waals surface area (Å²) in [5, 5.41) is 1.19. The Hall–Kier alpha value is -1.92. The van der Waals surface area contributed by atoms with Crippen LogP contribution >= 0.6 is 11.3 Å². The predicted molar refractivity (Wildman–Crippen MR) is 122 cm³/mol. The Morgan fingerprint density at radius 2 is 1.81 bits per heavy atom. The van der Waals surface area contributed by atoms with Gasteiger partial charge in [0, 0.05) is 48.7 Å². The van der Waals surface area contributed by atoms with E-state index < -0.39 is 0 Å². The molecule has 5 heterocycles. The minimum atomic E-state index is -0.239. The first-order valence-electron chi connectivity index (χ1n) is 12.1. The van der Waals surface area contributed by atoms with Crippen molar-refractivity contribution in [2.45, 2.75) is 62.6 Å². The van der Waals surface area contributed by atoms with Gasteiger partial charge in [0.2, 0.25) is 5.91 Å². The first-order valence-corrected chi connectivity index (χ1v) is 12.9. The van der Waals surface area contributed by atoms with Crippen molar-refractivity contribution in [2.75, 3.05) is 31.1 Å². The Morgan fingerprint density at radius 3 is 2.58 bits per heavy atom. The zero-order valence-corrected chi connectivity index (χ0v) is 18.8. The third kappa shape index (κ3) is 2.58. The average Bonchev–Trinajstić information content (AvgIpc) is 3.58. The minimum Gasteiger partial charge on any atom is -0.348 e. The van der Waals surface area contributed by atoms with Crippen LogP contribution in [0.1, 0.15) is 54.1 Å². The molecule has 1 aromatic heterocycles. The van der Waals surface area contributed by atoms with Gasteiger partial charge in [-0.3, -0.25) is 9.69 Å². The lowest BCUT2D eigenvalue weighted by Gasteiger charge is -2.34. The molecule has 1 aliphatic carbocycles. The van der Waals surface area contributed by atoms with Crippen LogP contribution in [0.25, 0.3) is 0 Å². The molecule has 1 spiro atoms. The first kappa shape index (κ1) is 18.6. The summed E-state index contributed by atoms with van der Waals surface area (Å²) in [7, 11) is 0. The highest BCUT2D eigenvalue weighted by Gasteiger charge is 2.66. The Labute approximate surface area is 188 Å². The van der Waals surface area contributed by atoms with E-state index in [1.807, 2.05) is 11.3 Å². The number of amides is 1. The number of rotatable bonds is 3. The summed E-state index contributed by atoms with van der Waals surface area (Å²) in [6, 6.07) is 9.50. The number of hydrogen-bond acceptors (Lipinski definition) is 5. The summed E-state index contributed by atoms with van der Waals surface area (Å²) in [5.41, 5.74) is 2.64. The third-order valence-electron chi connectivity index (χ3n) is 8.76. The fourth-order valence-corrected chi connectivity index (χ4v) is 8.44. The van der Waals surface area contributed by atoms with Gasteiger partial charge >= 0.3 is 0 Å². The lowest BCUT2D eigenvalue weighted by molar-refractivity contribution is -0.138. The normalized spacial score (nSPS) is 32.8. The van der Waals surface area contributed by atoms with Crippen molar-refractivity contribution in [3.05, 3.63) is 46.5 Å². The van der Waals surface area contributed by atoms with Gasteiger partial charge in [0.05, 0.1) is 0 Å². The number of thiazole rings is 1. The first-order chi connectivity index (χ1) is 15.2. The van der Waals surface area contributed by atoms with Crippen LogP contribution in [0.4, 0.5) is 5.13 Å². The van der Waals surface area contributed by atoms with E-state index in [1.165, 1.54) is 34.0 Å². The van der Waals surface area contributed by atoms with E-state index in [1.54, 1.807) is 0 Å². The van der Waals surface area contributed by atoms with Crippen LogP contribution in [0.15, 0.2) is 30.5 Å². The second-order valence-electron chi connectivity index (χ2n) is 10.2. The van der Waals surface area contributed by atoms with Crippen LogP contribution < -0.4 is 4.90 Å². The highest BCUT2D eigenvalue weighted by Crippen LogP contribution is 2.57. The van der Waals surface area contributed by atoms with Gasteiger partial charge in [-0.2, -0.15) is 0 Å². The van der Waals surface area contributed by atoms with Gasteiger partial charge < -0.3 is 9.80 Å². The van der Waals surface area contributed by atoms with Gasteiger partial charge in [-0.25, -0.2) is 4.98 Å². The van der Waals surface area contributed by atoms with Gasteiger partial charge in [0.1, 0.15) is 5.54 Å². The molecular formula is C25H30N4OS. The molecule has 162 valence electrons. The molecule has 31 heavy (non-hydrogen) atoms. The van der Waals surface area contributed by atoms with E-state index >= 15 is 0 Å². The standard InChI is InChI=1S/C25H30N4OS/c30-23-25-8-5-11-29(25)21(22-15-26-24(31-22)27-9-3-4-10-27)14-19(25)16-28(23)20-12-17-6-1-2-7-18(17)13-20/h1-2,6-7,15,19-21H,3-5,8-14,16H2/t19-,21-,25-/m0/s1. The zero-order valence-electron chi connectivity index (χ0n) is 18.0. The highest BCUT2D eigenvalue weighted by atomic mass is 32.1. The number of likely N-dealkylation sites (tertiary alicyclic amines) is 1. The molecule has 1 amide bonds. The minimum absolute atomic E-state index is 0.239. The molecule has 4 saturated heterocycles. The second-order valence-corrected chi connectivity index (χ2v) is 11.2. The summed E-state index contributed by atoms with van der Waals surface area (Å²) < 4.78 is 0. The molecule has 7 rings (SSSR count). The molecule has 4 fully saturated rings. The molecule has 0 N–H and O–H groups in total. The molecule has 5 nitrogen and oxygen atoms in total. The van der Waals surface area contributed by atoms with Gasteiger partial charge in [-0.15, -0.1) is 11.3 Å². The van der Waals surface area contributed by atoms with E-state index in [0.717, 1.165) is 58.3 Å². The quantitative estimate of drug-likeness (QED) is 0.739. The van der Waals surface area contributed by atoms with Crippen molar-refractivity contribution in [1.82, 2.24) is 14.8 Å². The smallest absolute Gasteiger partial charge is 0.243 e. The molecule has 0 saturated carbocycles. The maximum absolute atomic E-state index is 14.0. The van der Waals surface area contributed by atoms with E-state index in [2.05, 4.69) is 45.2 Å². The third-order valence-corrected chi connectivity index (χ3v) is 9.92. The summed E-state index contributed by atoms with van der Waals surface area (Å²) in [6.45, 7) is 4.29. The Kier molecular flexibility index (Phi) is 4.08. The number of nitrogens with zero attached hydrogens (tertiary/aromatic N) is 4. The fourth-order valence-electron chi connectivity index (χ4n) is 7.35. The number of benzene rings is 1. The molecule has 0 bridgehead atoms. The SMILES string of the molecule is O=C1N(C2Cc3ccccc3C2)C[C@@H]2C[C@@H](c3cnc(N4CCCC4)s3)N3CCC[C@@]123. The van der Waals surface area contributed by atoms with Crippen molar-refractivity contribution in [2.24, 2.45) is 5.92 Å². The van der Waals surface area contributed by atoms with Crippen LogP contribution in [-0.2, 0) is 17.6 Å². The zero-order chi connectivity index (χ0) is 20.6. The number of fused-ring (bicyclic) bond motifs is 1. The van der Waals surface area contributed by atoms with Gasteiger partial charge in [-0.05, 0) is 62.6 Å². The lowest BCUT2D eigenvalue weighted by Crippen LogP contribution is -2.51. The van der Waals surface area contributed by atoms with Crippen LogP contribution in [0.5, 0.6) is 0 Å². The van der Waals surface area contributed by atoms with Crippen LogP contribution in [0.2, 0.25) is 0 Å². The monoisotopic (exact) mass is 434 g/mol. The molecule has 5 aliphatic rings. The number of anilines is 1. The van der Waals surface area contributed by atoms with Crippen LogP contribution in [0.3, 0.4) is 0 Å². The van der Waals surface area contributed by atoms with Crippen molar-refractivity contribution in [3.8, 4) is 0 Å². The molecule has 2 aromatic rings. The van der Waals surface area contributed by atoms with Gasteiger partial charge in [0.25, 0.3) is 0 Å². The Bertz CT molecular complexity index is 1010. The van der Waals surface area contributed by atoms with Gasteiger partial charge in [0.15, 0.2) is 5.13 Å². The van der Waals surface area contributed by atoms with Crippen molar-refractivity contribution < 1.29 is 4.79 Å². The number of hydrogen-bond donors (Lipinski definition) is 0. The summed E-state index contributed by atoms with van der Waals surface area (Å²) in [4.78, 5) is 27.5. The molecule has 3 atom stereocenters. The molecule has 6 heteroatoms. The number of aromatic nitrogens is 1. The maximum atomic E-state index is 14.0. The number of carbonyl (C=O) groups is 1. The van der Waals surface area contributed by atoms with Crippen molar-refractivity contribution >= 4 is 22.4 Å². The number of carbonyl (C=O) groups excluding carboxylic acids is 1. The second kappa shape index (κ2) is 6.79. The predicted octanol–water partition coefficient (Wildman–Crippen LogP) is 3.65. The van der Waals surface area contributed by atoms with Crippen molar-refractivity contribution in [1.29, 1.82) is 0 Å². The summed E-state index contributed by atoms with van der Waals surface area (Å²) >= 11 is 1.88. The van der Waals surface area contributed by atoms with E-state index in [4.69, 9.17) is 4.98 Å². The lowest BCUT2D eigenvalue weighted by atomic mass is 9.85. The molecule has 0 unspecified atom stereocenters. The fraction of sp³-hybridized carbons (Fsp3) is 0.600.